The molecule has 0 heterocycles. The number of halogens is 1. The molecule has 21 heavy (non-hydrogen) atoms. The maximum absolute atomic E-state index is 11.8. The molecule has 0 atom stereocenters. The molecule has 0 amide bonds. The average molecular weight is 330 g/mol. The van der Waals surface area contributed by atoms with Gasteiger partial charge < -0.3 is 5.32 Å². The van der Waals surface area contributed by atoms with Crippen LogP contribution in [-0.2, 0) is 16.4 Å². The second-order valence-corrected chi connectivity index (χ2v) is 9.51. The van der Waals surface area contributed by atoms with Gasteiger partial charge in [-0.25, -0.2) is 8.42 Å². The molecular formula is C16H24ClNO2S. The summed E-state index contributed by atoms with van der Waals surface area (Å²) in [7, 11) is -3.26. The van der Waals surface area contributed by atoms with Crippen molar-refractivity contribution in [1.82, 2.24) is 5.32 Å². The maximum atomic E-state index is 11.8. The Labute approximate surface area is 133 Å². The third-order valence-corrected chi connectivity index (χ3v) is 6.98. The van der Waals surface area contributed by atoms with E-state index in [4.69, 9.17) is 11.6 Å². The molecule has 0 unspecified atom stereocenters. The zero-order chi connectivity index (χ0) is 16.1. The quantitative estimate of drug-likeness (QED) is 0.899. The first-order valence-corrected chi connectivity index (χ1v) is 9.44. The van der Waals surface area contributed by atoms with E-state index in [1.54, 1.807) is 18.2 Å². The van der Waals surface area contributed by atoms with Crippen LogP contribution in [0.15, 0.2) is 23.1 Å². The third kappa shape index (κ3) is 2.99. The average Bonchev–Trinajstić information content (AvgIpc) is 2.71. The van der Waals surface area contributed by atoms with Crippen molar-refractivity contribution >= 4 is 21.4 Å². The van der Waals surface area contributed by atoms with Gasteiger partial charge in [-0.2, -0.15) is 0 Å². The summed E-state index contributed by atoms with van der Waals surface area (Å²) in [4.78, 5) is 0.316. The fraction of sp³-hybridized carbons (Fsp3) is 0.625. The third-order valence-electron chi connectivity index (χ3n) is 5.45. The minimum Gasteiger partial charge on any atom is -0.312 e. The molecule has 1 aliphatic carbocycles. The minimum absolute atomic E-state index is 0.316. The molecule has 3 nitrogen and oxygen atoms in total. The van der Waals surface area contributed by atoms with Crippen LogP contribution in [0.5, 0.6) is 0 Å². The van der Waals surface area contributed by atoms with Gasteiger partial charge in [0.1, 0.15) is 0 Å². The van der Waals surface area contributed by atoms with Crippen LogP contribution in [0.3, 0.4) is 0 Å². The van der Waals surface area contributed by atoms with E-state index in [-0.39, 0.29) is 0 Å². The highest BCUT2D eigenvalue weighted by atomic mass is 35.5. The lowest BCUT2D eigenvalue weighted by atomic mass is 10.0. The lowest BCUT2D eigenvalue weighted by molar-refractivity contribution is 0.457. The standard InChI is InChI=1S/C16H24ClNO2S/c1-15(2)14(16(15,3)4)10-18-9-11-12(17)7-6-8-13(11)21(5,19)20/h6-8,14,18H,9-10H2,1-5H3. The van der Waals surface area contributed by atoms with Crippen molar-refractivity contribution in [2.24, 2.45) is 16.7 Å². The molecule has 0 aromatic heterocycles. The smallest absolute Gasteiger partial charge is 0.175 e. The zero-order valence-electron chi connectivity index (χ0n) is 13.3. The zero-order valence-corrected chi connectivity index (χ0v) is 14.9. The summed E-state index contributed by atoms with van der Waals surface area (Å²) < 4.78 is 23.7. The lowest BCUT2D eigenvalue weighted by Gasteiger charge is -2.12. The highest BCUT2D eigenvalue weighted by molar-refractivity contribution is 7.90. The normalized spacial score (nSPS) is 20.5. The van der Waals surface area contributed by atoms with Crippen LogP contribution in [0.4, 0.5) is 0 Å². The van der Waals surface area contributed by atoms with Crippen molar-refractivity contribution < 1.29 is 8.42 Å². The summed E-state index contributed by atoms with van der Waals surface area (Å²) in [5.41, 5.74) is 1.30. The van der Waals surface area contributed by atoms with Gasteiger partial charge in [-0.05, 0) is 35.4 Å². The molecule has 1 fully saturated rings. The van der Waals surface area contributed by atoms with E-state index in [1.165, 1.54) is 6.26 Å². The Morgan fingerprint density at radius 3 is 2.24 bits per heavy atom. The molecule has 1 N–H and O–H groups in total. The molecule has 0 spiro atoms. The van der Waals surface area contributed by atoms with E-state index in [0.717, 1.165) is 6.54 Å². The number of hydrogen-bond acceptors (Lipinski definition) is 3. The topological polar surface area (TPSA) is 46.2 Å². The molecule has 118 valence electrons. The van der Waals surface area contributed by atoms with E-state index < -0.39 is 9.84 Å². The molecule has 1 saturated carbocycles. The first-order chi connectivity index (χ1) is 9.49. The molecular weight excluding hydrogens is 306 g/mol. The van der Waals surface area contributed by atoms with Gasteiger partial charge in [-0.15, -0.1) is 0 Å². The summed E-state index contributed by atoms with van der Waals surface area (Å²) >= 11 is 6.17. The molecule has 0 radical (unpaired) electrons. The van der Waals surface area contributed by atoms with Crippen molar-refractivity contribution in [1.29, 1.82) is 0 Å². The van der Waals surface area contributed by atoms with E-state index in [1.807, 2.05) is 0 Å². The molecule has 0 bridgehead atoms. The summed E-state index contributed by atoms with van der Waals surface area (Å²) in [6.45, 7) is 10.4. The van der Waals surface area contributed by atoms with Crippen LogP contribution in [0.25, 0.3) is 0 Å². The van der Waals surface area contributed by atoms with E-state index in [2.05, 4.69) is 33.0 Å². The predicted molar refractivity (Wildman–Crippen MR) is 87.3 cm³/mol. The second kappa shape index (κ2) is 5.25. The van der Waals surface area contributed by atoms with Crippen LogP contribution in [0, 0.1) is 16.7 Å². The highest BCUT2D eigenvalue weighted by Gasteiger charge is 2.63. The van der Waals surface area contributed by atoms with Crippen molar-refractivity contribution in [3.8, 4) is 0 Å². The van der Waals surface area contributed by atoms with Gasteiger partial charge in [-0.3, -0.25) is 0 Å². The molecule has 2 rings (SSSR count). The second-order valence-electron chi connectivity index (χ2n) is 7.12. The Morgan fingerprint density at radius 2 is 1.76 bits per heavy atom. The summed E-state index contributed by atoms with van der Waals surface area (Å²) in [6, 6.07) is 5.02. The highest BCUT2D eigenvalue weighted by Crippen LogP contribution is 2.67. The number of rotatable bonds is 5. The first-order valence-electron chi connectivity index (χ1n) is 7.17. The van der Waals surface area contributed by atoms with Gasteiger partial charge in [-0.1, -0.05) is 45.4 Å². The van der Waals surface area contributed by atoms with Crippen LogP contribution in [0.1, 0.15) is 33.3 Å². The predicted octanol–water partition coefficient (Wildman–Crippen LogP) is 3.52. The fourth-order valence-corrected chi connectivity index (χ4v) is 4.50. The number of sulfone groups is 1. The van der Waals surface area contributed by atoms with Crippen LogP contribution in [0.2, 0.25) is 5.02 Å². The molecule has 0 saturated heterocycles. The van der Waals surface area contributed by atoms with Gasteiger partial charge in [0.05, 0.1) is 4.90 Å². The summed E-state index contributed by atoms with van der Waals surface area (Å²) in [5, 5.41) is 3.88. The number of benzene rings is 1. The fourth-order valence-electron chi connectivity index (χ4n) is 3.24. The Bertz CT molecular complexity index is 636. The molecule has 1 aliphatic rings. The van der Waals surface area contributed by atoms with Crippen LogP contribution < -0.4 is 5.32 Å². The largest absolute Gasteiger partial charge is 0.312 e. The van der Waals surface area contributed by atoms with Crippen molar-refractivity contribution in [3.63, 3.8) is 0 Å². The monoisotopic (exact) mass is 329 g/mol. The molecule has 5 heteroatoms. The van der Waals surface area contributed by atoms with E-state index in [0.29, 0.717) is 38.8 Å². The number of nitrogens with one attached hydrogen (secondary N) is 1. The van der Waals surface area contributed by atoms with Gasteiger partial charge >= 0.3 is 0 Å². The van der Waals surface area contributed by atoms with Crippen molar-refractivity contribution in [3.05, 3.63) is 28.8 Å². The van der Waals surface area contributed by atoms with Gasteiger partial charge in [0.15, 0.2) is 9.84 Å². The molecule has 1 aromatic carbocycles. The van der Waals surface area contributed by atoms with E-state index >= 15 is 0 Å². The Morgan fingerprint density at radius 1 is 1.19 bits per heavy atom. The Balaban J connectivity index is 2.09. The van der Waals surface area contributed by atoms with E-state index in [9.17, 15) is 8.42 Å². The Kier molecular flexibility index (Phi) is 4.20. The molecule has 1 aromatic rings. The van der Waals surface area contributed by atoms with Gasteiger partial charge in [0.25, 0.3) is 0 Å². The number of hydrogen-bond donors (Lipinski definition) is 1. The SMILES string of the molecule is CC1(C)C(CNCc2c(Cl)cccc2S(C)(=O)=O)C1(C)C. The summed E-state index contributed by atoms with van der Waals surface area (Å²) in [6.07, 6.45) is 1.22. The summed E-state index contributed by atoms with van der Waals surface area (Å²) in [5.74, 6) is 0.592. The van der Waals surface area contributed by atoms with Crippen LogP contribution >= 0.6 is 11.6 Å². The first kappa shape index (κ1) is 16.8. The Hall–Kier alpha value is -0.580. The van der Waals surface area contributed by atoms with Crippen molar-refractivity contribution in [2.75, 3.05) is 12.8 Å². The van der Waals surface area contributed by atoms with Crippen LogP contribution in [-0.4, -0.2) is 21.2 Å². The minimum atomic E-state index is -3.26. The lowest BCUT2D eigenvalue weighted by Crippen LogP contribution is -2.20. The van der Waals surface area contributed by atoms with Gasteiger partial charge in [0, 0.05) is 23.4 Å². The maximum Gasteiger partial charge on any atom is 0.175 e. The van der Waals surface area contributed by atoms with Crippen molar-refractivity contribution in [2.45, 2.75) is 39.1 Å². The van der Waals surface area contributed by atoms with Gasteiger partial charge in [0.2, 0.25) is 0 Å². The molecule has 0 aliphatic heterocycles.